The Balaban J connectivity index is 2.04. The van der Waals surface area contributed by atoms with Crippen LogP contribution in [0.2, 0.25) is 0 Å². The summed E-state index contributed by atoms with van der Waals surface area (Å²) in [5.74, 6) is 1.11. The van der Waals surface area contributed by atoms with Crippen molar-refractivity contribution in [2.75, 3.05) is 18.2 Å². The van der Waals surface area contributed by atoms with Crippen LogP contribution in [0.3, 0.4) is 0 Å². The fourth-order valence-electron chi connectivity index (χ4n) is 4.02. The Morgan fingerprint density at radius 3 is 2.63 bits per heavy atom. The normalized spacial score (nSPS) is 16.9. The average molecular weight is 447 g/mol. The molecule has 1 aliphatic heterocycles. The van der Waals surface area contributed by atoms with Gasteiger partial charge in [-0.2, -0.15) is 0 Å². The number of aliphatic hydroxyl groups excluding tert-OH is 1. The van der Waals surface area contributed by atoms with E-state index in [4.69, 9.17) is 19.7 Å². The molecular weight excluding hydrogens is 416 g/mol. The fourth-order valence-corrected chi connectivity index (χ4v) is 5.49. The van der Waals surface area contributed by atoms with Gasteiger partial charge in [-0.15, -0.1) is 11.3 Å². The van der Waals surface area contributed by atoms with Crippen LogP contribution in [0.1, 0.15) is 63.8 Å². The van der Waals surface area contributed by atoms with E-state index in [0.717, 1.165) is 49.9 Å². The number of aromatic nitrogens is 3. The van der Waals surface area contributed by atoms with Crippen LogP contribution < -0.4 is 5.32 Å². The molecule has 4 heterocycles. The minimum absolute atomic E-state index is 0.0385. The Kier molecular flexibility index (Phi) is 5.96. The van der Waals surface area contributed by atoms with E-state index in [9.17, 15) is 5.11 Å². The zero-order valence-electron chi connectivity index (χ0n) is 18.5. The number of rotatable bonds is 6. The SMILES string of the molecule is CCC(CO)Nc1nc(SC)nc2c1sc1nc(C(C)C)c3c(c12)CC(C)(C)OC3. The highest BCUT2D eigenvalue weighted by Gasteiger charge is 2.32. The summed E-state index contributed by atoms with van der Waals surface area (Å²) in [6.45, 7) is 11.4. The summed E-state index contributed by atoms with van der Waals surface area (Å²) in [6.07, 6.45) is 3.64. The Morgan fingerprint density at radius 1 is 1.23 bits per heavy atom. The summed E-state index contributed by atoms with van der Waals surface area (Å²) in [5.41, 5.74) is 4.40. The molecule has 6 nitrogen and oxygen atoms in total. The highest BCUT2D eigenvalue weighted by atomic mass is 32.2. The quantitative estimate of drug-likeness (QED) is 0.402. The van der Waals surface area contributed by atoms with Crippen LogP contribution >= 0.6 is 23.1 Å². The van der Waals surface area contributed by atoms with Gasteiger partial charge in [0.2, 0.25) is 0 Å². The molecule has 4 rings (SSSR count). The second-order valence-corrected chi connectivity index (χ2v) is 10.6. The van der Waals surface area contributed by atoms with Crippen LogP contribution in [0.15, 0.2) is 5.16 Å². The third-order valence-corrected chi connectivity index (χ3v) is 7.31. The fraction of sp³-hybridized carbons (Fsp3) is 0.591. The minimum Gasteiger partial charge on any atom is -0.394 e. The Morgan fingerprint density at radius 2 is 2.00 bits per heavy atom. The molecule has 3 aromatic heterocycles. The molecule has 0 bridgehead atoms. The summed E-state index contributed by atoms with van der Waals surface area (Å²) in [6, 6.07) is -0.0385. The van der Waals surface area contributed by atoms with E-state index in [1.807, 2.05) is 6.26 Å². The van der Waals surface area contributed by atoms with Gasteiger partial charge in [0, 0.05) is 17.4 Å². The van der Waals surface area contributed by atoms with Crippen molar-refractivity contribution in [2.45, 2.75) is 76.8 Å². The van der Waals surface area contributed by atoms with Crippen molar-refractivity contribution in [3.05, 3.63) is 16.8 Å². The van der Waals surface area contributed by atoms with Gasteiger partial charge in [-0.25, -0.2) is 15.0 Å². The lowest BCUT2D eigenvalue weighted by Gasteiger charge is -2.33. The first-order chi connectivity index (χ1) is 14.3. The van der Waals surface area contributed by atoms with Gasteiger partial charge in [-0.05, 0) is 38.0 Å². The van der Waals surface area contributed by atoms with Crippen LogP contribution in [0.5, 0.6) is 0 Å². The number of thioether (sulfide) groups is 1. The Labute approximate surface area is 185 Å². The lowest BCUT2D eigenvalue weighted by molar-refractivity contribution is -0.0402. The number of aliphatic hydroxyl groups is 1. The number of nitrogens with zero attached hydrogens (tertiary/aromatic N) is 3. The third kappa shape index (κ3) is 3.79. The van der Waals surface area contributed by atoms with Gasteiger partial charge in [0.05, 0.1) is 40.8 Å². The van der Waals surface area contributed by atoms with E-state index < -0.39 is 0 Å². The van der Waals surface area contributed by atoms with Gasteiger partial charge in [0.15, 0.2) is 5.16 Å². The molecule has 0 saturated carbocycles. The molecule has 2 N–H and O–H groups in total. The molecule has 0 aromatic carbocycles. The van der Waals surface area contributed by atoms with Crippen LogP contribution in [0.4, 0.5) is 5.82 Å². The van der Waals surface area contributed by atoms with Crippen LogP contribution in [0.25, 0.3) is 20.4 Å². The monoisotopic (exact) mass is 446 g/mol. The highest BCUT2D eigenvalue weighted by Crippen LogP contribution is 2.44. The number of nitrogens with one attached hydrogen (secondary N) is 1. The summed E-state index contributed by atoms with van der Waals surface area (Å²) in [7, 11) is 0. The molecular formula is C22H30N4O2S2. The molecule has 162 valence electrons. The molecule has 1 unspecified atom stereocenters. The lowest BCUT2D eigenvalue weighted by atomic mass is 9.87. The lowest BCUT2D eigenvalue weighted by Crippen LogP contribution is -2.33. The van der Waals surface area contributed by atoms with E-state index in [-0.39, 0.29) is 18.2 Å². The maximum Gasteiger partial charge on any atom is 0.189 e. The van der Waals surface area contributed by atoms with Crippen molar-refractivity contribution in [3.8, 4) is 0 Å². The summed E-state index contributed by atoms with van der Waals surface area (Å²) in [4.78, 5) is 15.7. The van der Waals surface area contributed by atoms with Crippen molar-refractivity contribution >= 4 is 49.3 Å². The first kappa shape index (κ1) is 21.7. The zero-order valence-corrected chi connectivity index (χ0v) is 20.1. The van der Waals surface area contributed by atoms with E-state index in [2.05, 4.69) is 39.9 Å². The van der Waals surface area contributed by atoms with E-state index in [0.29, 0.717) is 12.5 Å². The number of thiophene rings is 1. The minimum atomic E-state index is -0.218. The first-order valence-corrected chi connectivity index (χ1v) is 12.5. The average Bonchev–Trinajstić information content (AvgIpc) is 3.09. The molecule has 0 saturated heterocycles. The molecule has 8 heteroatoms. The van der Waals surface area contributed by atoms with Crippen LogP contribution in [-0.2, 0) is 17.8 Å². The largest absolute Gasteiger partial charge is 0.394 e. The molecule has 0 spiro atoms. The molecule has 0 aliphatic carbocycles. The third-order valence-electron chi connectivity index (χ3n) is 5.68. The maximum absolute atomic E-state index is 9.70. The standard InChI is InChI=1S/C22H30N4O2S2/c1-7-12(9-27)23-19-18-17(25-21(26-19)29-6)15-13-8-22(4,5)28-10-14(13)16(11(2)3)24-20(15)30-18/h11-12,27H,7-10H2,1-6H3,(H,23,25,26). The summed E-state index contributed by atoms with van der Waals surface area (Å²) >= 11 is 3.18. The van der Waals surface area contributed by atoms with Crippen molar-refractivity contribution in [1.29, 1.82) is 0 Å². The number of anilines is 1. The molecule has 1 atom stereocenters. The predicted molar refractivity (Wildman–Crippen MR) is 126 cm³/mol. The smallest absolute Gasteiger partial charge is 0.189 e. The number of ether oxygens (including phenoxy) is 1. The van der Waals surface area contributed by atoms with Gasteiger partial charge in [-0.1, -0.05) is 32.5 Å². The van der Waals surface area contributed by atoms with Gasteiger partial charge >= 0.3 is 0 Å². The van der Waals surface area contributed by atoms with Gasteiger partial charge in [-0.3, -0.25) is 0 Å². The highest BCUT2D eigenvalue weighted by molar-refractivity contribution is 7.98. The van der Waals surface area contributed by atoms with E-state index in [1.54, 1.807) is 11.3 Å². The molecule has 3 aromatic rings. The second kappa shape index (κ2) is 8.22. The van der Waals surface area contributed by atoms with E-state index >= 15 is 0 Å². The Hall–Kier alpha value is -1.48. The molecule has 30 heavy (non-hydrogen) atoms. The van der Waals surface area contributed by atoms with Crippen molar-refractivity contribution in [3.63, 3.8) is 0 Å². The molecule has 0 amide bonds. The number of hydrogen-bond acceptors (Lipinski definition) is 8. The summed E-state index contributed by atoms with van der Waals surface area (Å²) in [5, 5.41) is 15.0. The van der Waals surface area contributed by atoms with E-state index in [1.165, 1.54) is 22.9 Å². The summed E-state index contributed by atoms with van der Waals surface area (Å²) < 4.78 is 7.17. The number of hydrogen-bond donors (Lipinski definition) is 2. The van der Waals surface area contributed by atoms with Crippen molar-refractivity contribution in [1.82, 2.24) is 15.0 Å². The van der Waals surface area contributed by atoms with Gasteiger partial charge in [0.25, 0.3) is 0 Å². The van der Waals surface area contributed by atoms with Gasteiger partial charge in [0.1, 0.15) is 10.6 Å². The second-order valence-electron chi connectivity index (χ2n) is 8.78. The first-order valence-electron chi connectivity index (χ1n) is 10.5. The molecule has 1 aliphatic rings. The Bertz CT molecular complexity index is 1090. The number of fused-ring (bicyclic) bond motifs is 5. The van der Waals surface area contributed by atoms with Crippen molar-refractivity contribution < 1.29 is 9.84 Å². The molecule has 0 radical (unpaired) electrons. The van der Waals surface area contributed by atoms with Gasteiger partial charge < -0.3 is 15.2 Å². The zero-order chi connectivity index (χ0) is 21.6. The van der Waals surface area contributed by atoms with Crippen LogP contribution in [0, 0.1) is 0 Å². The predicted octanol–water partition coefficient (Wildman–Crippen LogP) is 5.12. The van der Waals surface area contributed by atoms with Crippen LogP contribution in [-0.4, -0.2) is 44.6 Å². The molecule has 0 fully saturated rings. The maximum atomic E-state index is 9.70. The topological polar surface area (TPSA) is 80.2 Å². The van der Waals surface area contributed by atoms with Crippen molar-refractivity contribution in [2.24, 2.45) is 0 Å². The number of pyridine rings is 1.